The summed E-state index contributed by atoms with van der Waals surface area (Å²) in [7, 11) is 1.40. The zero-order chi connectivity index (χ0) is 16.2. The highest BCUT2D eigenvalue weighted by atomic mass is 19.4. The van der Waals surface area contributed by atoms with Crippen LogP contribution in [0.25, 0.3) is 0 Å². The van der Waals surface area contributed by atoms with E-state index in [1.165, 1.54) is 26.3 Å². The first kappa shape index (κ1) is 17.1. The lowest BCUT2D eigenvalue weighted by Crippen LogP contribution is -2.39. The van der Waals surface area contributed by atoms with Crippen molar-refractivity contribution in [2.24, 2.45) is 22.6 Å². The average molecular weight is 319 g/mol. The Labute approximate surface area is 129 Å². The minimum absolute atomic E-state index is 0.0540. The zero-order valence-corrected chi connectivity index (χ0v) is 12.9. The normalized spacial score (nSPS) is 27.8. The van der Waals surface area contributed by atoms with Crippen LogP contribution >= 0.6 is 0 Å². The summed E-state index contributed by atoms with van der Waals surface area (Å²) in [6.07, 6.45) is 0.976. The van der Waals surface area contributed by atoms with Crippen LogP contribution in [0, 0.1) is 11.8 Å². The van der Waals surface area contributed by atoms with Gasteiger partial charge in [-0.25, -0.2) is 0 Å². The van der Waals surface area contributed by atoms with Crippen molar-refractivity contribution >= 4 is 5.90 Å². The maximum absolute atomic E-state index is 12.4. The van der Waals surface area contributed by atoms with Crippen molar-refractivity contribution < 1.29 is 17.9 Å². The molecule has 1 aliphatic heterocycles. The second kappa shape index (κ2) is 7.35. The number of rotatable bonds is 5. The van der Waals surface area contributed by atoms with Crippen LogP contribution in [0.15, 0.2) is 16.8 Å². The number of ether oxygens (including phenoxy) is 1. The molecule has 1 saturated heterocycles. The molecule has 7 heteroatoms. The fourth-order valence-electron chi connectivity index (χ4n) is 2.97. The topological polar surface area (TPSA) is 50.9 Å². The molecule has 0 bridgehead atoms. The molecule has 2 aliphatic rings. The van der Waals surface area contributed by atoms with Crippen LogP contribution in [0.1, 0.15) is 25.7 Å². The van der Waals surface area contributed by atoms with E-state index in [4.69, 9.17) is 10.5 Å². The zero-order valence-electron chi connectivity index (χ0n) is 12.9. The van der Waals surface area contributed by atoms with E-state index in [-0.39, 0.29) is 5.90 Å². The smallest absolute Gasteiger partial charge is 0.430 e. The number of hydrogen-bond donors (Lipinski definition) is 1. The van der Waals surface area contributed by atoms with Crippen LogP contribution in [0.2, 0.25) is 0 Å². The summed E-state index contributed by atoms with van der Waals surface area (Å²) in [5.74, 6) is 0.930. The molecule has 1 aliphatic carbocycles. The molecular formula is C15H24F3N3O. The molecule has 4 nitrogen and oxygen atoms in total. The minimum Gasteiger partial charge on any atom is -0.478 e. The number of hydrogen-bond acceptors (Lipinski definition) is 4. The first-order chi connectivity index (χ1) is 10.4. The summed E-state index contributed by atoms with van der Waals surface area (Å²) in [6, 6.07) is 0. The molecule has 22 heavy (non-hydrogen) atoms. The van der Waals surface area contributed by atoms with Crippen molar-refractivity contribution in [2.45, 2.75) is 31.9 Å². The predicted octanol–water partition coefficient (Wildman–Crippen LogP) is 2.56. The van der Waals surface area contributed by atoms with E-state index in [2.05, 4.69) is 9.89 Å². The molecule has 1 heterocycles. The van der Waals surface area contributed by atoms with Gasteiger partial charge in [0.1, 0.15) is 5.70 Å². The molecule has 2 rings (SSSR count). The van der Waals surface area contributed by atoms with Crippen LogP contribution in [-0.4, -0.2) is 50.3 Å². The van der Waals surface area contributed by atoms with Gasteiger partial charge >= 0.3 is 6.18 Å². The van der Waals surface area contributed by atoms with Gasteiger partial charge in [0.05, 0.1) is 6.61 Å². The van der Waals surface area contributed by atoms with Crippen LogP contribution in [0.5, 0.6) is 0 Å². The highest BCUT2D eigenvalue weighted by Gasteiger charge is 2.34. The molecule has 0 aromatic heterocycles. The van der Waals surface area contributed by atoms with Crippen molar-refractivity contribution in [3.8, 4) is 0 Å². The second-order valence-electron chi connectivity index (χ2n) is 6.08. The van der Waals surface area contributed by atoms with Gasteiger partial charge < -0.3 is 15.4 Å². The molecule has 1 saturated carbocycles. The summed E-state index contributed by atoms with van der Waals surface area (Å²) < 4.78 is 42.6. The Balaban J connectivity index is 1.78. The number of likely N-dealkylation sites (tertiary alicyclic amines) is 1. The van der Waals surface area contributed by atoms with Gasteiger partial charge in [0.2, 0.25) is 5.90 Å². The van der Waals surface area contributed by atoms with E-state index in [9.17, 15) is 13.2 Å². The lowest BCUT2D eigenvalue weighted by molar-refractivity contribution is -0.0926. The van der Waals surface area contributed by atoms with E-state index >= 15 is 0 Å². The summed E-state index contributed by atoms with van der Waals surface area (Å²) in [6.45, 7) is 3.81. The van der Waals surface area contributed by atoms with E-state index in [1.54, 1.807) is 0 Å². The van der Waals surface area contributed by atoms with Crippen molar-refractivity contribution in [1.29, 1.82) is 0 Å². The Hall–Kier alpha value is -1.24. The highest BCUT2D eigenvalue weighted by Crippen LogP contribution is 2.35. The van der Waals surface area contributed by atoms with Crippen LogP contribution < -0.4 is 5.73 Å². The average Bonchev–Trinajstić information content (AvgIpc) is 2.94. The Morgan fingerprint density at radius 1 is 1.27 bits per heavy atom. The molecule has 126 valence electrons. The van der Waals surface area contributed by atoms with Gasteiger partial charge in [-0.3, -0.25) is 4.99 Å². The largest absolute Gasteiger partial charge is 0.478 e. The molecule has 0 aromatic carbocycles. The number of nitrogens with two attached hydrogens (primary N) is 1. The number of alkyl halides is 3. The van der Waals surface area contributed by atoms with E-state index in [1.807, 2.05) is 0 Å². The number of aliphatic imine (C=N–C) groups is 1. The number of allylic oxidation sites excluding steroid dienone is 1. The minimum atomic E-state index is -4.55. The first-order valence-electron chi connectivity index (χ1n) is 7.76. The van der Waals surface area contributed by atoms with Gasteiger partial charge in [-0.2, -0.15) is 13.2 Å². The molecule has 0 aromatic rings. The molecule has 0 spiro atoms. The fraction of sp³-hybridized carbons (Fsp3) is 0.800. The Bertz CT molecular complexity index is 428. The number of nitrogens with zero attached hydrogens (tertiary/aromatic N) is 2. The van der Waals surface area contributed by atoms with Gasteiger partial charge in [-0.1, -0.05) is 0 Å². The van der Waals surface area contributed by atoms with E-state index in [0.29, 0.717) is 18.4 Å². The Morgan fingerprint density at radius 3 is 2.41 bits per heavy atom. The van der Waals surface area contributed by atoms with Gasteiger partial charge in [0.25, 0.3) is 0 Å². The van der Waals surface area contributed by atoms with Gasteiger partial charge in [-0.15, -0.1) is 0 Å². The highest BCUT2D eigenvalue weighted by molar-refractivity contribution is 5.88. The SMILES string of the molecule is CN=C(C=C(N)C(F)(F)F)OC[C@@H]1CC[C@@H]1CN1CCCC1. The Kier molecular flexibility index (Phi) is 5.72. The van der Waals surface area contributed by atoms with Crippen LogP contribution in [0.4, 0.5) is 13.2 Å². The lowest BCUT2D eigenvalue weighted by Gasteiger charge is -2.38. The lowest BCUT2D eigenvalue weighted by atomic mass is 9.74. The maximum atomic E-state index is 12.4. The van der Waals surface area contributed by atoms with E-state index in [0.717, 1.165) is 32.1 Å². The van der Waals surface area contributed by atoms with Gasteiger partial charge in [0, 0.05) is 19.7 Å². The predicted molar refractivity (Wildman–Crippen MR) is 79.5 cm³/mol. The molecule has 0 unspecified atom stereocenters. The number of halogens is 3. The standard InChI is InChI=1S/C15H24F3N3O/c1-20-14(8-13(19)15(16,17)18)22-10-12-5-4-11(12)9-21-6-2-3-7-21/h8,11-12H,2-7,9-10,19H2,1H3/t11-,12+/m1/s1. The van der Waals surface area contributed by atoms with Crippen molar-refractivity contribution in [2.75, 3.05) is 33.3 Å². The van der Waals surface area contributed by atoms with Crippen LogP contribution in [0.3, 0.4) is 0 Å². The van der Waals surface area contributed by atoms with Crippen molar-refractivity contribution in [1.82, 2.24) is 4.90 Å². The third kappa shape index (κ3) is 4.63. The molecular weight excluding hydrogens is 295 g/mol. The third-order valence-corrected chi connectivity index (χ3v) is 4.54. The third-order valence-electron chi connectivity index (χ3n) is 4.54. The molecule has 2 fully saturated rings. The van der Waals surface area contributed by atoms with Crippen molar-refractivity contribution in [3.05, 3.63) is 11.8 Å². The molecule has 0 amide bonds. The second-order valence-corrected chi connectivity index (χ2v) is 6.08. The molecule has 2 atom stereocenters. The van der Waals surface area contributed by atoms with Crippen LogP contribution in [-0.2, 0) is 4.74 Å². The van der Waals surface area contributed by atoms with Gasteiger partial charge in [-0.05, 0) is 50.6 Å². The summed E-state index contributed by atoms with van der Waals surface area (Å²) in [5.41, 5.74) is 3.80. The van der Waals surface area contributed by atoms with Crippen molar-refractivity contribution in [3.63, 3.8) is 0 Å². The molecule has 2 N–H and O–H groups in total. The monoisotopic (exact) mass is 319 g/mol. The molecule has 0 radical (unpaired) electrons. The quantitative estimate of drug-likeness (QED) is 0.626. The van der Waals surface area contributed by atoms with E-state index < -0.39 is 11.9 Å². The van der Waals surface area contributed by atoms with Gasteiger partial charge in [0.15, 0.2) is 0 Å². The first-order valence-corrected chi connectivity index (χ1v) is 7.76. The summed E-state index contributed by atoms with van der Waals surface area (Å²) in [4.78, 5) is 6.19. The maximum Gasteiger partial charge on any atom is 0.430 e. The fourth-order valence-corrected chi connectivity index (χ4v) is 2.97. The Morgan fingerprint density at radius 2 is 1.91 bits per heavy atom. The summed E-state index contributed by atoms with van der Waals surface area (Å²) in [5, 5.41) is 0. The summed E-state index contributed by atoms with van der Waals surface area (Å²) >= 11 is 0.